The standard InChI is InChI=1S/C19H20Cl2N2O/c1-23(17-11-4-7-13-6-2-3-8-14(13)17)12-18(24)22-19-15(20)9-5-10-16(19)21/h2-3,5-6,8-10,17H,4,7,11-12H2,1H3,(H,22,24)/p+1/t17-/m0/s1. The van der Waals surface area contributed by atoms with Gasteiger partial charge >= 0.3 is 0 Å². The van der Waals surface area contributed by atoms with Crippen molar-refractivity contribution in [3.05, 3.63) is 63.6 Å². The SMILES string of the molecule is C[NH+](CC(=O)Nc1c(Cl)cccc1Cl)[C@H]1CCCc2ccccc21. The second-order valence-electron chi connectivity index (χ2n) is 6.31. The molecule has 0 radical (unpaired) electrons. The van der Waals surface area contributed by atoms with Gasteiger partial charge in [0, 0.05) is 12.0 Å². The summed E-state index contributed by atoms with van der Waals surface area (Å²) in [6.07, 6.45) is 3.39. The lowest BCUT2D eigenvalue weighted by atomic mass is 9.87. The summed E-state index contributed by atoms with van der Waals surface area (Å²) in [5.41, 5.74) is 3.26. The molecule has 0 spiro atoms. The first-order chi connectivity index (χ1) is 11.6. The number of fused-ring (bicyclic) bond motifs is 1. The van der Waals surface area contributed by atoms with Gasteiger partial charge in [0.05, 0.1) is 22.8 Å². The lowest BCUT2D eigenvalue weighted by Crippen LogP contribution is -3.10. The predicted molar refractivity (Wildman–Crippen MR) is 99.0 cm³/mol. The molecule has 2 N–H and O–H groups in total. The summed E-state index contributed by atoms with van der Waals surface area (Å²) in [7, 11) is 2.07. The number of likely N-dealkylation sites (N-methyl/N-ethyl adjacent to an activating group) is 1. The second kappa shape index (κ2) is 7.56. The van der Waals surface area contributed by atoms with E-state index in [1.807, 2.05) is 0 Å². The van der Waals surface area contributed by atoms with Gasteiger partial charge in [0.15, 0.2) is 6.54 Å². The summed E-state index contributed by atoms with van der Waals surface area (Å²) in [5.74, 6) is -0.0782. The monoisotopic (exact) mass is 363 g/mol. The van der Waals surface area contributed by atoms with Gasteiger partial charge < -0.3 is 10.2 Å². The number of benzene rings is 2. The van der Waals surface area contributed by atoms with E-state index in [2.05, 4.69) is 36.6 Å². The number of carbonyl (C=O) groups excluding carboxylic acids is 1. The molecule has 3 rings (SSSR count). The Morgan fingerprint density at radius 3 is 2.62 bits per heavy atom. The third-order valence-corrected chi connectivity index (χ3v) is 5.26. The third-order valence-electron chi connectivity index (χ3n) is 4.63. The summed E-state index contributed by atoms with van der Waals surface area (Å²) in [6.45, 7) is 0.376. The first-order valence-electron chi connectivity index (χ1n) is 8.20. The fraction of sp³-hybridized carbons (Fsp3) is 0.316. The molecule has 0 aliphatic heterocycles. The number of nitrogens with one attached hydrogen (secondary N) is 2. The number of carbonyl (C=O) groups is 1. The van der Waals surface area contributed by atoms with Crippen LogP contribution in [0.5, 0.6) is 0 Å². The molecule has 0 fully saturated rings. The number of quaternary nitrogens is 1. The molecular weight excluding hydrogens is 343 g/mol. The lowest BCUT2D eigenvalue weighted by Gasteiger charge is -2.30. The highest BCUT2D eigenvalue weighted by Crippen LogP contribution is 2.30. The van der Waals surface area contributed by atoms with Crippen molar-refractivity contribution in [1.29, 1.82) is 0 Å². The van der Waals surface area contributed by atoms with Crippen LogP contribution >= 0.6 is 23.2 Å². The number of rotatable bonds is 4. The molecular formula is C19H21Cl2N2O+. The highest BCUT2D eigenvalue weighted by atomic mass is 35.5. The third kappa shape index (κ3) is 3.75. The van der Waals surface area contributed by atoms with E-state index in [0.717, 1.165) is 19.3 Å². The number of hydrogen-bond donors (Lipinski definition) is 2. The largest absolute Gasteiger partial charge is 0.323 e. The Balaban J connectivity index is 1.69. The summed E-state index contributed by atoms with van der Waals surface area (Å²) < 4.78 is 0. The van der Waals surface area contributed by atoms with E-state index in [0.29, 0.717) is 28.3 Å². The number of halogens is 2. The van der Waals surface area contributed by atoms with Crippen molar-refractivity contribution in [3.8, 4) is 0 Å². The summed E-state index contributed by atoms with van der Waals surface area (Å²) in [6, 6.07) is 14.1. The molecule has 2 aromatic carbocycles. The maximum Gasteiger partial charge on any atom is 0.279 e. The van der Waals surface area contributed by atoms with Crippen LogP contribution in [0, 0.1) is 0 Å². The predicted octanol–water partition coefficient (Wildman–Crippen LogP) is 3.52. The van der Waals surface area contributed by atoms with Crippen LogP contribution in [0.2, 0.25) is 10.0 Å². The molecule has 1 aliphatic rings. The van der Waals surface area contributed by atoms with E-state index in [-0.39, 0.29) is 5.91 Å². The Bertz CT molecular complexity index is 728. The summed E-state index contributed by atoms with van der Waals surface area (Å²) in [5, 5.41) is 3.76. The molecule has 1 aliphatic carbocycles. The van der Waals surface area contributed by atoms with Crippen molar-refractivity contribution in [2.45, 2.75) is 25.3 Å². The van der Waals surface area contributed by atoms with Crippen LogP contribution in [0.25, 0.3) is 0 Å². The van der Waals surface area contributed by atoms with E-state index in [4.69, 9.17) is 23.2 Å². The normalized spacial score (nSPS) is 17.9. The minimum Gasteiger partial charge on any atom is -0.323 e. The van der Waals surface area contributed by atoms with Gasteiger partial charge in [0.2, 0.25) is 0 Å². The van der Waals surface area contributed by atoms with Gasteiger partial charge in [-0.3, -0.25) is 4.79 Å². The van der Waals surface area contributed by atoms with Gasteiger partial charge in [-0.15, -0.1) is 0 Å². The van der Waals surface area contributed by atoms with Crippen molar-refractivity contribution in [2.75, 3.05) is 18.9 Å². The number of anilines is 1. The molecule has 1 amide bonds. The Hall–Kier alpha value is -1.55. The smallest absolute Gasteiger partial charge is 0.279 e. The van der Waals surface area contributed by atoms with Crippen LogP contribution in [0.1, 0.15) is 30.0 Å². The Kier molecular flexibility index (Phi) is 5.44. The van der Waals surface area contributed by atoms with E-state index in [1.54, 1.807) is 18.2 Å². The topological polar surface area (TPSA) is 33.5 Å². The summed E-state index contributed by atoms with van der Waals surface area (Å²) >= 11 is 12.2. The first-order valence-corrected chi connectivity index (χ1v) is 8.96. The summed E-state index contributed by atoms with van der Waals surface area (Å²) in [4.78, 5) is 13.6. The maximum atomic E-state index is 12.4. The number of para-hydroxylation sites is 1. The van der Waals surface area contributed by atoms with E-state index in [1.165, 1.54) is 16.0 Å². The molecule has 0 bridgehead atoms. The van der Waals surface area contributed by atoms with Crippen molar-refractivity contribution in [3.63, 3.8) is 0 Å². The van der Waals surface area contributed by atoms with Crippen LogP contribution in [0.3, 0.4) is 0 Å². The quantitative estimate of drug-likeness (QED) is 0.855. The molecule has 2 atom stereocenters. The fourth-order valence-electron chi connectivity index (χ4n) is 3.44. The van der Waals surface area contributed by atoms with E-state index >= 15 is 0 Å². The Morgan fingerprint density at radius 2 is 1.88 bits per heavy atom. The van der Waals surface area contributed by atoms with E-state index < -0.39 is 0 Å². The van der Waals surface area contributed by atoms with Gasteiger partial charge in [0.25, 0.3) is 5.91 Å². The minimum atomic E-state index is -0.0782. The molecule has 0 heterocycles. The lowest BCUT2D eigenvalue weighted by molar-refractivity contribution is -0.905. The van der Waals surface area contributed by atoms with Gasteiger partial charge in [-0.25, -0.2) is 0 Å². The van der Waals surface area contributed by atoms with Gasteiger partial charge in [0.1, 0.15) is 6.04 Å². The molecule has 0 saturated carbocycles. The van der Waals surface area contributed by atoms with Gasteiger partial charge in [-0.05, 0) is 30.5 Å². The molecule has 0 saturated heterocycles. The average molecular weight is 364 g/mol. The zero-order valence-corrected chi connectivity index (χ0v) is 15.1. The zero-order valence-electron chi connectivity index (χ0n) is 13.6. The highest BCUT2D eigenvalue weighted by Gasteiger charge is 2.28. The number of amides is 1. The van der Waals surface area contributed by atoms with Crippen LogP contribution in [-0.4, -0.2) is 19.5 Å². The van der Waals surface area contributed by atoms with Crippen molar-refractivity contribution in [1.82, 2.24) is 0 Å². The molecule has 126 valence electrons. The van der Waals surface area contributed by atoms with Crippen molar-refractivity contribution in [2.24, 2.45) is 0 Å². The first kappa shape index (κ1) is 17.3. The van der Waals surface area contributed by atoms with Crippen LogP contribution in [0.15, 0.2) is 42.5 Å². The van der Waals surface area contributed by atoms with Gasteiger partial charge in [-0.2, -0.15) is 0 Å². The van der Waals surface area contributed by atoms with E-state index in [9.17, 15) is 4.79 Å². The van der Waals surface area contributed by atoms with Gasteiger partial charge in [-0.1, -0.05) is 53.5 Å². The van der Waals surface area contributed by atoms with Crippen LogP contribution < -0.4 is 10.2 Å². The van der Waals surface area contributed by atoms with Crippen molar-refractivity contribution < 1.29 is 9.69 Å². The van der Waals surface area contributed by atoms with Crippen LogP contribution in [-0.2, 0) is 11.2 Å². The number of aryl methyl sites for hydroxylation is 1. The minimum absolute atomic E-state index is 0.0782. The molecule has 0 aromatic heterocycles. The second-order valence-corrected chi connectivity index (χ2v) is 7.13. The van der Waals surface area contributed by atoms with Crippen LogP contribution in [0.4, 0.5) is 5.69 Å². The van der Waals surface area contributed by atoms with Crippen molar-refractivity contribution >= 4 is 34.8 Å². The molecule has 24 heavy (non-hydrogen) atoms. The average Bonchev–Trinajstić information content (AvgIpc) is 2.57. The molecule has 3 nitrogen and oxygen atoms in total. The molecule has 5 heteroatoms. The molecule has 1 unspecified atom stereocenters. The highest BCUT2D eigenvalue weighted by molar-refractivity contribution is 6.39. The zero-order chi connectivity index (χ0) is 17.1. The Morgan fingerprint density at radius 1 is 1.17 bits per heavy atom. The fourth-order valence-corrected chi connectivity index (χ4v) is 3.94. The number of hydrogen-bond acceptors (Lipinski definition) is 1. The maximum absolute atomic E-state index is 12.4. The molecule has 2 aromatic rings. The Labute approximate surface area is 152 Å².